The van der Waals surface area contributed by atoms with Crippen LogP contribution in [0, 0.1) is 24.7 Å². The Kier molecular flexibility index (Phi) is 7.86. The van der Waals surface area contributed by atoms with Crippen LogP contribution in [0.3, 0.4) is 0 Å². The predicted octanol–water partition coefficient (Wildman–Crippen LogP) is 1.67. The Hall–Kier alpha value is -2.58. The lowest BCUT2D eigenvalue weighted by atomic mass is 10.1. The third-order valence-corrected chi connectivity index (χ3v) is 4.25. The number of aryl methyl sites for hydroxylation is 1. The van der Waals surface area contributed by atoms with Crippen LogP contribution in [0.2, 0.25) is 0 Å². The molecule has 1 N–H and O–H groups in total. The molecular weight excluding hydrogens is 409 g/mol. The van der Waals surface area contributed by atoms with Gasteiger partial charge in [0.1, 0.15) is 25.5 Å². The Morgan fingerprint density at radius 2 is 2.07 bits per heavy atom. The van der Waals surface area contributed by atoms with Gasteiger partial charge in [-0.05, 0) is 12.8 Å². The van der Waals surface area contributed by atoms with Gasteiger partial charge in [0.05, 0.1) is 6.10 Å². The van der Waals surface area contributed by atoms with E-state index in [1.165, 1.54) is 13.1 Å². The highest BCUT2D eigenvalue weighted by Gasteiger charge is 2.43. The van der Waals surface area contributed by atoms with Gasteiger partial charge in [0.2, 0.25) is 0 Å². The number of hydrogen-bond donors (Lipinski definition) is 1. The van der Waals surface area contributed by atoms with Crippen LogP contribution in [0.4, 0.5) is 13.2 Å². The van der Waals surface area contributed by atoms with Crippen LogP contribution < -0.4 is 11.2 Å². The molecule has 11 heteroatoms. The summed E-state index contributed by atoms with van der Waals surface area (Å²) in [5.41, 5.74) is -1.04. The fourth-order valence-corrected chi connectivity index (χ4v) is 2.71. The lowest BCUT2D eigenvalue weighted by Gasteiger charge is -2.18. The monoisotopic (exact) mass is 432 g/mol. The third-order valence-electron chi connectivity index (χ3n) is 4.25. The molecule has 0 bridgehead atoms. The number of hydrogen-bond acceptors (Lipinski definition) is 6. The van der Waals surface area contributed by atoms with Gasteiger partial charge in [-0.15, -0.1) is 5.92 Å². The van der Waals surface area contributed by atoms with E-state index < -0.39 is 48.4 Å². The summed E-state index contributed by atoms with van der Waals surface area (Å²) in [6.07, 6.45) is -5.84. The second-order valence-corrected chi connectivity index (χ2v) is 7.24. The maximum Gasteiger partial charge on any atom is 0.490 e. The summed E-state index contributed by atoms with van der Waals surface area (Å²) >= 11 is 0. The van der Waals surface area contributed by atoms with Gasteiger partial charge in [-0.3, -0.25) is 14.3 Å². The maximum atomic E-state index is 12.4. The zero-order valence-electron chi connectivity index (χ0n) is 16.7. The highest BCUT2D eigenvalue weighted by molar-refractivity contribution is 5.75. The fourth-order valence-electron chi connectivity index (χ4n) is 2.71. The topological polar surface area (TPSA) is 99.6 Å². The maximum absolute atomic E-state index is 12.4. The standard InChI is InChI=1S/C19H23F3N2O6/c1-11(2)6-4-5-7-28-13-8-15(24-9-12(3)16(25)23-18(24)27)30-14(13)10-29-17(26)19(20,21)22/h9,11,13-15H,6-8,10H2,1-3H3,(H,23,25,27)/t13-,14+,15+/m0/s1. The van der Waals surface area contributed by atoms with Crippen LogP contribution in [0.15, 0.2) is 15.8 Å². The molecule has 1 fully saturated rings. The Labute approximate surface area is 170 Å². The van der Waals surface area contributed by atoms with E-state index >= 15 is 0 Å². The van der Waals surface area contributed by atoms with Gasteiger partial charge < -0.3 is 14.2 Å². The van der Waals surface area contributed by atoms with Gasteiger partial charge in [0.15, 0.2) is 0 Å². The molecule has 1 aromatic heterocycles. The number of ether oxygens (including phenoxy) is 3. The van der Waals surface area contributed by atoms with E-state index in [2.05, 4.69) is 21.6 Å². The highest BCUT2D eigenvalue weighted by atomic mass is 19.4. The molecule has 8 nitrogen and oxygen atoms in total. The first-order valence-electron chi connectivity index (χ1n) is 9.27. The minimum absolute atomic E-state index is 0.00324. The molecule has 0 aromatic carbocycles. The summed E-state index contributed by atoms with van der Waals surface area (Å²) in [5, 5.41) is 0. The second-order valence-electron chi connectivity index (χ2n) is 7.24. The molecule has 0 saturated carbocycles. The first-order chi connectivity index (χ1) is 14.0. The molecule has 0 unspecified atom stereocenters. The zero-order valence-corrected chi connectivity index (χ0v) is 16.7. The first kappa shape index (κ1) is 23.7. The number of rotatable bonds is 6. The summed E-state index contributed by atoms with van der Waals surface area (Å²) in [6, 6.07) is 0. The van der Waals surface area contributed by atoms with Gasteiger partial charge in [0.25, 0.3) is 5.56 Å². The van der Waals surface area contributed by atoms with Crippen LogP contribution in [0.5, 0.6) is 0 Å². The molecule has 3 atom stereocenters. The lowest BCUT2D eigenvalue weighted by Crippen LogP contribution is -2.34. The van der Waals surface area contributed by atoms with Gasteiger partial charge in [0, 0.05) is 24.6 Å². The molecule has 1 saturated heterocycles. The Morgan fingerprint density at radius 3 is 2.70 bits per heavy atom. The minimum atomic E-state index is -5.14. The lowest BCUT2D eigenvalue weighted by molar-refractivity contribution is -0.204. The van der Waals surface area contributed by atoms with Crippen molar-refractivity contribution >= 4 is 5.97 Å². The van der Waals surface area contributed by atoms with E-state index in [0.29, 0.717) is 12.3 Å². The van der Waals surface area contributed by atoms with Gasteiger partial charge >= 0.3 is 17.8 Å². The number of alkyl halides is 3. The summed E-state index contributed by atoms with van der Waals surface area (Å²) in [5.74, 6) is 3.75. The zero-order chi connectivity index (χ0) is 22.5. The smallest absolute Gasteiger partial charge is 0.456 e. The fraction of sp³-hybridized carbons (Fsp3) is 0.632. The molecular formula is C19H23F3N2O6. The Bertz CT molecular complexity index is 925. The van der Waals surface area contributed by atoms with Gasteiger partial charge in [-0.25, -0.2) is 9.59 Å². The molecule has 0 radical (unpaired) electrons. The summed E-state index contributed by atoms with van der Waals surface area (Å²) in [7, 11) is 0. The largest absolute Gasteiger partial charge is 0.490 e. The second kappa shape index (κ2) is 9.95. The molecule has 1 aliphatic heterocycles. The highest BCUT2D eigenvalue weighted by Crippen LogP contribution is 2.30. The molecule has 1 aromatic rings. The first-order valence-corrected chi connectivity index (χ1v) is 9.27. The number of carbonyl (C=O) groups is 1. The average molecular weight is 432 g/mol. The van der Waals surface area contributed by atoms with Crippen LogP contribution in [-0.2, 0) is 19.0 Å². The van der Waals surface area contributed by atoms with E-state index in [9.17, 15) is 27.6 Å². The summed E-state index contributed by atoms with van der Waals surface area (Å²) in [4.78, 5) is 36.8. The average Bonchev–Trinajstić information content (AvgIpc) is 3.04. The minimum Gasteiger partial charge on any atom is -0.456 e. The number of carbonyl (C=O) groups excluding carboxylic acids is 1. The van der Waals surface area contributed by atoms with Crippen molar-refractivity contribution in [1.29, 1.82) is 0 Å². The number of aromatic amines is 1. The van der Waals surface area contributed by atoms with E-state index in [1.54, 1.807) is 0 Å². The summed E-state index contributed by atoms with van der Waals surface area (Å²) in [6.45, 7) is 4.77. The van der Waals surface area contributed by atoms with Crippen LogP contribution in [0.25, 0.3) is 0 Å². The number of nitrogens with zero attached hydrogens (tertiary/aromatic N) is 1. The van der Waals surface area contributed by atoms with Crippen molar-refractivity contribution in [3.63, 3.8) is 0 Å². The van der Waals surface area contributed by atoms with Crippen LogP contribution >= 0.6 is 0 Å². The number of aromatic nitrogens is 2. The summed E-state index contributed by atoms with van der Waals surface area (Å²) < 4.78 is 53.8. The molecule has 0 aliphatic carbocycles. The molecule has 0 spiro atoms. The third kappa shape index (κ3) is 6.47. The van der Waals surface area contributed by atoms with Gasteiger partial charge in [-0.2, -0.15) is 13.2 Å². The van der Waals surface area contributed by atoms with Crippen molar-refractivity contribution in [3.8, 4) is 11.8 Å². The molecule has 0 amide bonds. The van der Waals surface area contributed by atoms with Gasteiger partial charge in [-0.1, -0.05) is 19.8 Å². The van der Waals surface area contributed by atoms with E-state index in [-0.39, 0.29) is 18.6 Å². The SMILES string of the molecule is Cc1cn([C@H]2C[C@H](OCC#CCC(C)C)[C@@H](COC(=O)C(F)(F)F)O2)c(=O)[nH]c1=O. The molecule has 2 rings (SSSR count). The Balaban J connectivity index is 2.13. The Morgan fingerprint density at radius 1 is 1.37 bits per heavy atom. The quantitative estimate of drug-likeness (QED) is 0.542. The molecule has 30 heavy (non-hydrogen) atoms. The van der Waals surface area contributed by atoms with Crippen molar-refractivity contribution in [1.82, 2.24) is 9.55 Å². The van der Waals surface area contributed by atoms with Crippen LogP contribution in [0.1, 0.15) is 38.5 Å². The molecule has 166 valence electrons. The number of esters is 1. The van der Waals surface area contributed by atoms with Crippen molar-refractivity contribution < 1.29 is 32.2 Å². The van der Waals surface area contributed by atoms with Crippen molar-refractivity contribution in [2.24, 2.45) is 5.92 Å². The normalized spacial score (nSPS) is 21.4. The van der Waals surface area contributed by atoms with Crippen molar-refractivity contribution in [2.75, 3.05) is 13.2 Å². The molecule has 2 heterocycles. The molecule has 1 aliphatic rings. The van der Waals surface area contributed by atoms with Crippen molar-refractivity contribution in [2.45, 2.75) is 58.2 Å². The van der Waals surface area contributed by atoms with E-state index in [4.69, 9.17) is 9.47 Å². The van der Waals surface area contributed by atoms with E-state index in [0.717, 1.165) is 4.57 Å². The number of halogens is 3. The number of nitrogens with one attached hydrogen (secondary N) is 1. The number of H-pyrrole nitrogens is 1. The van der Waals surface area contributed by atoms with Crippen LogP contribution in [-0.4, -0.2) is 47.1 Å². The van der Waals surface area contributed by atoms with E-state index in [1.807, 2.05) is 13.8 Å². The van der Waals surface area contributed by atoms with Crippen molar-refractivity contribution in [3.05, 3.63) is 32.6 Å². The predicted molar refractivity (Wildman–Crippen MR) is 98.6 cm³/mol.